The molecule has 1 fully saturated rings. The first-order chi connectivity index (χ1) is 9.59. The van der Waals surface area contributed by atoms with Crippen LogP contribution in [-0.2, 0) is 13.6 Å². The van der Waals surface area contributed by atoms with Gasteiger partial charge in [0.1, 0.15) is 0 Å². The van der Waals surface area contributed by atoms with Crippen molar-refractivity contribution in [1.29, 1.82) is 0 Å². The van der Waals surface area contributed by atoms with Gasteiger partial charge in [0.15, 0.2) is 0 Å². The number of rotatable bonds is 2. The average molecular weight is 273 g/mol. The Bertz CT molecular complexity index is 767. The van der Waals surface area contributed by atoms with Crippen LogP contribution in [0.2, 0.25) is 0 Å². The van der Waals surface area contributed by atoms with Gasteiger partial charge in [-0.25, -0.2) is 4.79 Å². The van der Waals surface area contributed by atoms with E-state index < -0.39 is 0 Å². The van der Waals surface area contributed by atoms with Crippen molar-refractivity contribution in [3.63, 3.8) is 0 Å². The molecule has 1 saturated heterocycles. The molecule has 0 aliphatic carbocycles. The molecule has 1 aliphatic heterocycles. The fraction of sp³-hybridized carbons (Fsp3) is 0.467. The minimum Gasteiger partial charge on any atom is -0.316 e. The maximum absolute atomic E-state index is 12.6. The van der Waals surface area contributed by atoms with E-state index in [0.717, 1.165) is 25.1 Å². The lowest BCUT2D eigenvalue weighted by Crippen LogP contribution is -2.41. The third kappa shape index (κ3) is 1.98. The van der Waals surface area contributed by atoms with Crippen molar-refractivity contribution in [3.05, 3.63) is 44.6 Å². The fourth-order valence-corrected chi connectivity index (χ4v) is 3.01. The summed E-state index contributed by atoms with van der Waals surface area (Å²) >= 11 is 0. The van der Waals surface area contributed by atoms with Gasteiger partial charge in [0.2, 0.25) is 0 Å². The van der Waals surface area contributed by atoms with Gasteiger partial charge in [-0.1, -0.05) is 12.1 Å². The Morgan fingerprint density at radius 3 is 2.85 bits per heavy atom. The van der Waals surface area contributed by atoms with Crippen LogP contribution in [0.3, 0.4) is 0 Å². The lowest BCUT2D eigenvalue weighted by molar-refractivity contribution is 0.452. The second-order valence-electron chi connectivity index (χ2n) is 5.59. The second kappa shape index (κ2) is 4.90. The molecule has 3 rings (SSSR count). The Hall–Kier alpha value is -1.88. The van der Waals surface area contributed by atoms with Gasteiger partial charge in [0.05, 0.1) is 10.9 Å². The minimum absolute atomic E-state index is 0.159. The molecule has 1 aromatic heterocycles. The summed E-state index contributed by atoms with van der Waals surface area (Å²) in [6.07, 6.45) is 1.02. The van der Waals surface area contributed by atoms with Crippen LogP contribution in [0.25, 0.3) is 10.9 Å². The number of aromatic nitrogens is 2. The molecule has 20 heavy (non-hydrogen) atoms. The first kappa shape index (κ1) is 13.1. The summed E-state index contributed by atoms with van der Waals surface area (Å²) in [5.74, 6) is 0.363. The molecule has 1 atom stereocenters. The summed E-state index contributed by atoms with van der Waals surface area (Å²) in [6.45, 7) is 4.26. The lowest BCUT2D eigenvalue weighted by atomic mass is 10.1. The lowest BCUT2D eigenvalue weighted by Gasteiger charge is -2.14. The predicted octanol–water partition coefficient (Wildman–Crippen LogP) is 0.618. The van der Waals surface area contributed by atoms with E-state index in [1.165, 1.54) is 4.57 Å². The molecule has 1 aliphatic rings. The van der Waals surface area contributed by atoms with Crippen LogP contribution >= 0.6 is 0 Å². The Kier molecular flexibility index (Phi) is 3.22. The molecule has 5 nitrogen and oxygen atoms in total. The minimum atomic E-state index is -0.222. The Morgan fingerprint density at radius 1 is 1.35 bits per heavy atom. The van der Waals surface area contributed by atoms with Crippen molar-refractivity contribution >= 4 is 10.9 Å². The third-order valence-electron chi connectivity index (χ3n) is 4.19. The third-order valence-corrected chi connectivity index (χ3v) is 4.19. The van der Waals surface area contributed by atoms with Crippen LogP contribution < -0.4 is 16.6 Å². The quantitative estimate of drug-likeness (QED) is 0.872. The molecule has 1 unspecified atom stereocenters. The van der Waals surface area contributed by atoms with E-state index in [0.29, 0.717) is 23.4 Å². The number of fused-ring (bicyclic) bond motifs is 1. The Balaban J connectivity index is 2.24. The first-order valence-corrected chi connectivity index (χ1v) is 6.99. The number of nitrogens with zero attached hydrogens (tertiary/aromatic N) is 2. The van der Waals surface area contributed by atoms with Crippen molar-refractivity contribution in [2.75, 3.05) is 13.1 Å². The maximum Gasteiger partial charge on any atom is 0.331 e. The molecule has 0 radical (unpaired) electrons. The summed E-state index contributed by atoms with van der Waals surface area (Å²) in [4.78, 5) is 25.0. The highest BCUT2D eigenvalue weighted by atomic mass is 16.2. The number of hydrogen-bond acceptors (Lipinski definition) is 3. The van der Waals surface area contributed by atoms with Crippen molar-refractivity contribution in [2.24, 2.45) is 13.0 Å². The van der Waals surface area contributed by atoms with E-state index in [4.69, 9.17) is 0 Å². The number of aryl methyl sites for hydroxylation is 2. The van der Waals surface area contributed by atoms with Crippen LogP contribution in [0.4, 0.5) is 0 Å². The molecule has 1 aromatic carbocycles. The van der Waals surface area contributed by atoms with Gasteiger partial charge in [0.25, 0.3) is 5.56 Å². The second-order valence-corrected chi connectivity index (χ2v) is 5.59. The highest BCUT2D eigenvalue weighted by molar-refractivity contribution is 5.81. The van der Waals surface area contributed by atoms with Crippen molar-refractivity contribution in [3.8, 4) is 0 Å². The van der Waals surface area contributed by atoms with Gasteiger partial charge in [-0.3, -0.25) is 13.9 Å². The number of benzene rings is 1. The molecule has 1 N–H and O–H groups in total. The van der Waals surface area contributed by atoms with Crippen LogP contribution in [0.1, 0.15) is 12.0 Å². The highest BCUT2D eigenvalue weighted by Gasteiger charge is 2.19. The highest BCUT2D eigenvalue weighted by Crippen LogP contribution is 2.13. The molecule has 2 heterocycles. The standard InChI is InChI=1S/C15H19N3O2/c1-10-4-3-5-12-13(10)14(19)18(15(20)17(12)2)9-11-6-7-16-8-11/h3-5,11,16H,6-9H2,1-2H3. The largest absolute Gasteiger partial charge is 0.331 e. The topological polar surface area (TPSA) is 56.0 Å². The SMILES string of the molecule is Cc1cccc2c1c(=O)n(CC1CCNC1)c(=O)n2C. The van der Waals surface area contributed by atoms with Crippen LogP contribution in [0.15, 0.2) is 27.8 Å². The molecule has 0 bridgehead atoms. The normalized spacial score (nSPS) is 18.8. The Labute approximate surface area is 116 Å². The summed E-state index contributed by atoms with van der Waals surface area (Å²) in [7, 11) is 1.73. The van der Waals surface area contributed by atoms with Gasteiger partial charge in [0, 0.05) is 13.6 Å². The molecule has 0 amide bonds. The maximum atomic E-state index is 12.6. The van der Waals surface area contributed by atoms with Gasteiger partial charge in [-0.15, -0.1) is 0 Å². The van der Waals surface area contributed by atoms with Crippen LogP contribution in [0, 0.1) is 12.8 Å². The van der Waals surface area contributed by atoms with Crippen molar-refractivity contribution < 1.29 is 0 Å². The number of nitrogens with one attached hydrogen (secondary N) is 1. The molecule has 5 heteroatoms. The summed E-state index contributed by atoms with van der Waals surface area (Å²) in [6, 6.07) is 5.62. The van der Waals surface area contributed by atoms with Crippen molar-refractivity contribution in [2.45, 2.75) is 19.9 Å². The summed E-state index contributed by atoms with van der Waals surface area (Å²) in [5.41, 5.74) is 1.25. The van der Waals surface area contributed by atoms with Gasteiger partial charge >= 0.3 is 5.69 Å². The van der Waals surface area contributed by atoms with E-state index in [-0.39, 0.29) is 11.2 Å². The summed E-state index contributed by atoms with van der Waals surface area (Å²) < 4.78 is 2.97. The monoisotopic (exact) mass is 273 g/mol. The van der Waals surface area contributed by atoms with Gasteiger partial charge < -0.3 is 5.32 Å². The molecular formula is C15H19N3O2. The van der Waals surface area contributed by atoms with E-state index in [1.807, 2.05) is 25.1 Å². The molecule has 106 valence electrons. The molecule has 2 aromatic rings. The van der Waals surface area contributed by atoms with E-state index in [2.05, 4.69) is 5.32 Å². The summed E-state index contributed by atoms with van der Waals surface area (Å²) in [5, 5.41) is 3.92. The van der Waals surface area contributed by atoms with Crippen LogP contribution in [0.5, 0.6) is 0 Å². The zero-order valence-corrected chi connectivity index (χ0v) is 11.8. The first-order valence-electron chi connectivity index (χ1n) is 6.99. The van der Waals surface area contributed by atoms with Gasteiger partial charge in [-0.2, -0.15) is 0 Å². The van der Waals surface area contributed by atoms with E-state index in [1.54, 1.807) is 11.6 Å². The number of hydrogen-bond donors (Lipinski definition) is 1. The van der Waals surface area contributed by atoms with Gasteiger partial charge in [-0.05, 0) is 44.0 Å². The molecule has 0 spiro atoms. The molecule has 0 saturated carbocycles. The molecular weight excluding hydrogens is 254 g/mol. The zero-order chi connectivity index (χ0) is 14.3. The Morgan fingerprint density at radius 2 is 2.15 bits per heavy atom. The smallest absolute Gasteiger partial charge is 0.316 e. The van der Waals surface area contributed by atoms with Crippen LogP contribution in [-0.4, -0.2) is 22.2 Å². The van der Waals surface area contributed by atoms with Crippen molar-refractivity contribution in [1.82, 2.24) is 14.5 Å². The van der Waals surface area contributed by atoms with E-state index >= 15 is 0 Å². The zero-order valence-electron chi connectivity index (χ0n) is 11.8. The van der Waals surface area contributed by atoms with E-state index in [9.17, 15) is 9.59 Å². The predicted molar refractivity (Wildman–Crippen MR) is 79.2 cm³/mol. The average Bonchev–Trinajstić information content (AvgIpc) is 2.94. The fourth-order valence-electron chi connectivity index (χ4n) is 3.01.